The van der Waals surface area contributed by atoms with E-state index in [9.17, 15) is 5.11 Å². The van der Waals surface area contributed by atoms with Crippen LogP contribution in [-0.4, -0.2) is 82.1 Å². The van der Waals surface area contributed by atoms with E-state index >= 15 is 4.39 Å². The van der Waals surface area contributed by atoms with E-state index in [2.05, 4.69) is 42.0 Å². The van der Waals surface area contributed by atoms with E-state index in [0.29, 0.717) is 44.1 Å². The predicted octanol–water partition coefficient (Wildman–Crippen LogP) is 5.48. The Morgan fingerprint density at radius 1 is 1.05 bits per heavy atom. The molecule has 4 saturated heterocycles. The van der Waals surface area contributed by atoms with Crippen LogP contribution in [0.5, 0.6) is 11.8 Å². The average molecular weight is 664 g/mol. The summed E-state index contributed by atoms with van der Waals surface area (Å²) in [5, 5.41) is 16.5. The number of hydrogen-bond acceptors (Lipinski definition) is 8. The highest BCUT2D eigenvalue weighted by Gasteiger charge is 2.63. The summed E-state index contributed by atoms with van der Waals surface area (Å²) in [6.07, 6.45) is 8.48. The lowest BCUT2D eigenvalue weighted by atomic mass is 9.88. The van der Waals surface area contributed by atoms with Crippen molar-refractivity contribution in [1.82, 2.24) is 20.2 Å². The first kappa shape index (κ1) is 27.6. The molecule has 6 heterocycles. The third-order valence-electron chi connectivity index (χ3n) is 11.6. The van der Waals surface area contributed by atoms with Gasteiger partial charge in [0, 0.05) is 71.4 Å². The van der Waals surface area contributed by atoms with Gasteiger partial charge in [0.25, 0.3) is 0 Å². The number of rotatable bonds is 5. The monoisotopic (exact) mass is 662 g/mol. The SMILES string of the molecule is Oc1cc(N2CCc3c(nc(OCC45CCCN4[C@H]4CCC[C@@]4(F)C5)nc3N3CC4CCC(C3)N4)C2)c2c(Br)cccc2c1. The summed E-state index contributed by atoms with van der Waals surface area (Å²) in [6.45, 7) is 4.69. The fourth-order valence-electron chi connectivity index (χ4n) is 9.73. The van der Waals surface area contributed by atoms with Gasteiger partial charge in [-0.1, -0.05) is 28.1 Å². The molecular weight excluding hydrogens is 623 g/mol. The maximum absolute atomic E-state index is 16.0. The highest BCUT2D eigenvalue weighted by atomic mass is 79.9. The van der Waals surface area contributed by atoms with Crippen LogP contribution in [-0.2, 0) is 13.0 Å². The van der Waals surface area contributed by atoms with Crippen LogP contribution in [0.25, 0.3) is 10.8 Å². The maximum atomic E-state index is 16.0. The number of halogens is 2. The molecule has 5 fully saturated rings. The van der Waals surface area contributed by atoms with Gasteiger partial charge in [-0.2, -0.15) is 9.97 Å². The Balaban J connectivity index is 1.07. The molecule has 5 atom stereocenters. The number of benzene rings is 2. The molecule has 0 amide bonds. The topological polar surface area (TPSA) is 77.0 Å². The number of fused-ring (bicyclic) bond motifs is 7. The van der Waals surface area contributed by atoms with E-state index in [1.807, 2.05) is 24.3 Å². The van der Waals surface area contributed by atoms with Crippen LogP contribution in [0.15, 0.2) is 34.8 Å². The molecule has 3 unspecified atom stereocenters. The van der Waals surface area contributed by atoms with Crippen molar-refractivity contribution in [1.29, 1.82) is 0 Å². The maximum Gasteiger partial charge on any atom is 0.318 e. The number of phenols is 1. The lowest BCUT2D eigenvalue weighted by molar-refractivity contribution is 0.0808. The summed E-state index contributed by atoms with van der Waals surface area (Å²) in [4.78, 5) is 17.4. The minimum atomic E-state index is -1.08. The van der Waals surface area contributed by atoms with Crippen molar-refractivity contribution in [3.8, 4) is 11.8 Å². The Morgan fingerprint density at radius 2 is 1.91 bits per heavy atom. The van der Waals surface area contributed by atoms with Crippen molar-refractivity contribution in [2.75, 3.05) is 42.6 Å². The fourth-order valence-corrected chi connectivity index (χ4v) is 10.3. The first-order chi connectivity index (χ1) is 21.4. The van der Waals surface area contributed by atoms with E-state index in [1.165, 1.54) is 18.4 Å². The number of ether oxygens (including phenoxy) is 1. The van der Waals surface area contributed by atoms with Crippen LogP contribution in [0.3, 0.4) is 0 Å². The van der Waals surface area contributed by atoms with Crippen LogP contribution >= 0.6 is 15.9 Å². The zero-order valence-electron chi connectivity index (χ0n) is 25.1. The molecular formula is C34H40BrFN6O2. The molecule has 5 aliphatic heterocycles. The molecule has 0 radical (unpaired) electrons. The number of phenolic OH excluding ortho intramolecular Hbond substituents is 1. The Hall–Kier alpha value is -2.69. The normalized spacial score (nSPS) is 32.7. The number of aromatic hydroxyl groups is 1. The van der Waals surface area contributed by atoms with E-state index in [4.69, 9.17) is 14.7 Å². The number of nitrogens with zero attached hydrogens (tertiary/aromatic N) is 5. The van der Waals surface area contributed by atoms with Gasteiger partial charge in [0.1, 0.15) is 23.8 Å². The van der Waals surface area contributed by atoms with E-state index in [-0.39, 0.29) is 17.3 Å². The number of anilines is 2. The molecule has 2 bridgehead atoms. The predicted molar refractivity (Wildman–Crippen MR) is 173 cm³/mol. The van der Waals surface area contributed by atoms with E-state index in [0.717, 1.165) is 90.7 Å². The standard InChI is InChI=1S/C34H40BrFN6O2/c35-26-5-1-4-21-14-24(43)15-28(30(21)26)40-13-9-25-27(18-40)38-32(39-31(25)41-16-22-7-8-23(17-41)37-22)44-20-33-10-3-12-42(33)29-6-2-11-34(29,36)19-33/h1,4-5,14-15,22-23,29,37,43H,2-3,6-13,16-20H2/t22?,23?,29-,33?,34+/m0/s1. The number of aromatic nitrogens is 2. The molecule has 1 aromatic heterocycles. The van der Waals surface area contributed by atoms with Gasteiger partial charge in [0.05, 0.1) is 17.8 Å². The Labute approximate surface area is 266 Å². The Kier molecular flexibility index (Phi) is 6.37. The van der Waals surface area contributed by atoms with Crippen molar-refractivity contribution >= 4 is 38.2 Å². The molecule has 2 aromatic carbocycles. The number of nitrogens with one attached hydrogen (secondary N) is 1. The molecule has 6 aliphatic rings. The first-order valence-corrected chi connectivity index (χ1v) is 17.3. The molecule has 8 nitrogen and oxygen atoms in total. The van der Waals surface area contributed by atoms with Gasteiger partial charge >= 0.3 is 6.01 Å². The van der Waals surface area contributed by atoms with Gasteiger partial charge in [-0.05, 0) is 75.4 Å². The Morgan fingerprint density at radius 3 is 2.77 bits per heavy atom. The van der Waals surface area contributed by atoms with Crippen molar-refractivity contribution in [2.45, 2.75) is 93.7 Å². The van der Waals surface area contributed by atoms with Crippen LogP contribution in [0.2, 0.25) is 0 Å². The molecule has 9 rings (SSSR count). The largest absolute Gasteiger partial charge is 0.508 e. The first-order valence-electron chi connectivity index (χ1n) is 16.5. The van der Waals surface area contributed by atoms with E-state index < -0.39 is 5.67 Å². The number of piperazine rings is 1. The summed E-state index contributed by atoms with van der Waals surface area (Å²) in [6, 6.07) is 11.2. The lowest BCUT2D eigenvalue weighted by Gasteiger charge is -2.38. The van der Waals surface area contributed by atoms with Gasteiger partial charge in [0.15, 0.2) is 0 Å². The van der Waals surface area contributed by atoms with Crippen molar-refractivity contribution < 1.29 is 14.2 Å². The molecule has 2 N–H and O–H groups in total. The minimum absolute atomic E-state index is 0.0370. The molecule has 1 aliphatic carbocycles. The third kappa shape index (κ3) is 4.34. The van der Waals surface area contributed by atoms with Crippen molar-refractivity contribution in [3.63, 3.8) is 0 Å². The molecule has 1 saturated carbocycles. The van der Waals surface area contributed by atoms with Gasteiger partial charge in [-0.25, -0.2) is 4.39 Å². The van der Waals surface area contributed by atoms with Crippen molar-refractivity contribution in [2.24, 2.45) is 0 Å². The smallest absolute Gasteiger partial charge is 0.318 e. The van der Waals surface area contributed by atoms with Crippen molar-refractivity contribution in [3.05, 3.63) is 46.1 Å². The third-order valence-corrected chi connectivity index (χ3v) is 12.2. The summed E-state index contributed by atoms with van der Waals surface area (Å²) >= 11 is 3.76. The van der Waals surface area contributed by atoms with Gasteiger partial charge in [-0.3, -0.25) is 4.90 Å². The zero-order chi connectivity index (χ0) is 29.6. The second-order valence-electron chi connectivity index (χ2n) is 14.2. The molecule has 44 heavy (non-hydrogen) atoms. The van der Waals surface area contributed by atoms with Crippen LogP contribution < -0.4 is 19.9 Å². The second-order valence-corrected chi connectivity index (χ2v) is 15.1. The van der Waals surface area contributed by atoms with Crippen LogP contribution in [0.4, 0.5) is 15.9 Å². The van der Waals surface area contributed by atoms with Gasteiger partial charge in [0.2, 0.25) is 0 Å². The molecule has 10 heteroatoms. The zero-order valence-corrected chi connectivity index (χ0v) is 26.7. The van der Waals surface area contributed by atoms with Gasteiger partial charge in [-0.15, -0.1) is 0 Å². The second kappa shape index (κ2) is 10.2. The number of alkyl halides is 1. The summed E-state index contributed by atoms with van der Waals surface area (Å²) in [7, 11) is 0. The molecule has 232 valence electrons. The lowest BCUT2D eigenvalue weighted by Crippen LogP contribution is -2.52. The highest BCUT2D eigenvalue weighted by Crippen LogP contribution is 2.55. The van der Waals surface area contributed by atoms with Crippen LogP contribution in [0, 0.1) is 0 Å². The van der Waals surface area contributed by atoms with Crippen LogP contribution in [0.1, 0.15) is 62.6 Å². The summed E-state index contributed by atoms with van der Waals surface area (Å²) in [5.74, 6) is 1.27. The quantitative estimate of drug-likeness (QED) is 0.372. The fraction of sp³-hybridized carbons (Fsp3) is 0.588. The Bertz CT molecular complexity index is 1630. The minimum Gasteiger partial charge on any atom is -0.508 e. The highest BCUT2D eigenvalue weighted by molar-refractivity contribution is 9.10. The number of hydrogen-bond donors (Lipinski definition) is 2. The summed E-state index contributed by atoms with van der Waals surface area (Å²) in [5.41, 5.74) is 1.84. The molecule has 0 spiro atoms. The van der Waals surface area contributed by atoms with Gasteiger partial charge < -0.3 is 25.0 Å². The average Bonchev–Trinajstić information content (AvgIpc) is 3.73. The summed E-state index contributed by atoms with van der Waals surface area (Å²) < 4.78 is 23.6. The molecule has 3 aromatic rings. The van der Waals surface area contributed by atoms with E-state index in [1.54, 1.807) is 0 Å².